The average molecular weight is 560 g/mol. The molecule has 206 valence electrons. The Balaban J connectivity index is 1.58. The highest BCUT2D eigenvalue weighted by Crippen LogP contribution is 2.36. The summed E-state index contributed by atoms with van der Waals surface area (Å²) in [6, 6.07) is 17.7. The molecule has 0 aliphatic carbocycles. The number of halogens is 1. The Labute approximate surface area is 233 Å². The first-order valence-corrected chi connectivity index (χ1v) is 14.8. The van der Waals surface area contributed by atoms with Crippen LogP contribution in [-0.2, 0) is 16.9 Å². The summed E-state index contributed by atoms with van der Waals surface area (Å²) in [5.74, 6) is -0.0867. The predicted molar refractivity (Wildman–Crippen MR) is 154 cm³/mol. The standard InChI is InChI=1S/C30H30FN5O3S/c1-19-18-36(30(21-9-11-23(31)12-10-21)22-7-6-8-24(15-22)40(5,38)39)20(2)17-35(19)26-16-28(37)34(4)25-13-14-27(32-3)33-29(25)26/h6-16,19-20,30H,17-18H2,1-2,4-5H3/t19-,20+,30?/m0/s1. The average Bonchev–Trinajstić information content (AvgIpc) is 2.93. The molecule has 1 aliphatic rings. The van der Waals surface area contributed by atoms with Crippen molar-refractivity contribution in [3.8, 4) is 0 Å². The number of rotatable bonds is 5. The molecule has 1 unspecified atom stereocenters. The monoisotopic (exact) mass is 559 g/mol. The Morgan fingerprint density at radius 2 is 1.73 bits per heavy atom. The van der Waals surface area contributed by atoms with Gasteiger partial charge in [-0.25, -0.2) is 12.8 Å². The number of pyridine rings is 2. The van der Waals surface area contributed by atoms with Crippen molar-refractivity contribution in [2.24, 2.45) is 7.05 Å². The summed E-state index contributed by atoms with van der Waals surface area (Å²) in [5, 5.41) is 0. The molecule has 0 spiro atoms. The molecule has 0 bridgehead atoms. The van der Waals surface area contributed by atoms with E-state index < -0.39 is 9.84 Å². The van der Waals surface area contributed by atoms with Gasteiger partial charge in [-0.3, -0.25) is 9.69 Å². The molecule has 0 saturated carbocycles. The van der Waals surface area contributed by atoms with Gasteiger partial charge in [-0.2, -0.15) is 0 Å². The molecular formula is C30H30FN5O3S. The Morgan fingerprint density at radius 1 is 1.00 bits per heavy atom. The van der Waals surface area contributed by atoms with Crippen molar-refractivity contribution >= 4 is 32.4 Å². The first-order chi connectivity index (χ1) is 19.0. The van der Waals surface area contributed by atoms with Crippen LogP contribution < -0.4 is 10.5 Å². The van der Waals surface area contributed by atoms with Gasteiger partial charge in [0, 0.05) is 44.5 Å². The van der Waals surface area contributed by atoms with Crippen molar-refractivity contribution in [2.75, 3.05) is 24.2 Å². The second-order valence-corrected chi connectivity index (χ2v) is 12.4. The number of hydrogen-bond acceptors (Lipinski definition) is 6. The molecule has 0 N–H and O–H groups in total. The second kappa shape index (κ2) is 10.5. The first-order valence-electron chi connectivity index (χ1n) is 12.9. The summed E-state index contributed by atoms with van der Waals surface area (Å²) < 4.78 is 40.1. The fraction of sp³-hybridized carbons (Fsp3) is 0.300. The van der Waals surface area contributed by atoms with Crippen LogP contribution in [0.5, 0.6) is 0 Å². The minimum absolute atomic E-state index is 0.0451. The first kappa shape index (κ1) is 27.5. The van der Waals surface area contributed by atoms with Crippen LogP contribution in [0.3, 0.4) is 0 Å². The third kappa shape index (κ3) is 5.10. The van der Waals surface area contributed by atoms with E-state index in [2.05, 4.69) is 33.5 Å². The minimum Gasteiger partial charge on any atom is -0.362 e. The fourth-order valence-corrected chi connectivity index (χ4v) is 6.24. The number of piperazine rings is 1. The zero-order chi connectivity index (χ0) is 28.8. The van der Waals surface area contributed by atoms with Crippen LogP contribution in [-0.4, -0.2) is 54.3 Å². The van der Waals surface area contributed by atoms with Crippen molar-refractivity contribution < 1.29 is 12.8 Å². The van der Waals surface area contributed by atoms with Crippen LogP contribution in [0, 0.1) is 12.4 Å². The van der Waals surface area contributed by atoms with Crippen molar-refractivity contribution in [1.29, 1.82) is 0 Å². The van der Waals surface area contributed by atoms with Gasteiger partial charge in [0.15, 0.2) is 9.84 Å². The lowest BCUT2D eigenvalue weighted by atomic mass is 9.93. The van der Waals surface area contributed by atoms with Crippen LogP contribution in [0.25, 0.3) is 15.9 Å². The highest BCUT2D eigenvalue weighted by molar-refractivity contribution is 7.90. The van der Waals surface area contributed by atoms with Gasteiger partial charge in [0.25, 0.3) is 11.4 Å². The van der Waals surface area contributed by atoms with Crippen LogP contribution in [0.1, 0.15) is 31.0 Å². The summed E-state index contributed by atoms with van der Waals surface area (Å²) in [6.07, 6.45) is 1.18. The molecule has 40 heavy (non-hydrogen) atoms. The van der Waals surface area contributed by atoms with E-state index in [1.165, 1.54) is 23.0 Å². The Morgan fingerprint density at radius 3 is 2.40 bits per heavy atom. The quantitative estimate of drug-likeness (QED) is 0.330. The lowest BCUT2D eigenvalue weighted by Gasteiger charge is -2.48. The fourth-order valence-electron chi connectivity index (χ4n) is 5.57. The predicted octanol–water partition coefficient (Wildman–Crippen LogP) is 4.72. The van der Waals surface area contributed by atoms with Crippen LogP contribution >= 0.6 is 0 Å². The smallest absolute Gasteiger partial charge is 0.270 e. The van der Waals surface area contributed by atoms with E-state index >= 15 is 0 Å². The van der Waals surface area contributed by atoms with E-state index in [0.717, 1.165) is 11.1 Å². The maximum absolute atomic E-state index is 13.9. The Hall–Kier alpha value is -4.07. The third-order valence-electron chi connectivity index (χ3n) is 7.63. The molecule has 3 atom stereocenters. The van der Waals surface area contributed by atoms with E-state index in [0.29, 0.717) is 29.8 Å². The van der Waals surface area contributed by atoms with Gasteiger partial charge in [-0.15, -0.1) is 4.98 Å². The highest BCUT2D eigenvalue weighted by Gasteiger charge is 2.36. The third-order valence-corrected chi connectivity index (χ3v) is 8.74. The molecule has 8 nitrogen and oxygen atoms in total. The maximum atomic E-state index is 13.9. The van der Waals surface area contributed by atoms with Gasteiger partial charge in [-0.05, 0) is 61.4 Å². The molecule has 1 aliphatic heterocycles. The van der Waals surface area contributed by atoms with E-state index in [1.54, 1.807) is 55.6 Å². The normalized spacial score (nSPS) is 18.9. The lowest BCUT2D eigenvalue weighted by molar-refractivity contribution is 0.130. The summed E-state index contributed by atoms with van der Waals surface area (Å²) in [7, 11) is -1.74. The number of nitrogens with zero attached hydrogens (tertiary/aromatic N) is 5. The number of sulfone groups is 1. The highest BCUT2D eigenvalue weighted by atomic mass is 32.2. The van der Waals surface area contributed by atoms with E-state index in [9.17, 15) is 17.6 Å². The van der Waals surface area contributed by atoms with Crippen LogP contribution in [0.4, 0.5) is 15.9 Å². The SMILES string of the molecule is [C-]#[N+]c1ccc2c(n1)c(N1C[C@@H](C)N(C(c3ccc(F)cc3)c3cccc(S(C)(=O)=O)c3)C[C@@H]1C)cc(=O)n2C. The van der Waals surface area contributed by atoms with Crippen LogP contribution in [0.15, 0.2) is 76.4 Å². The van der Waals surface area contributed by atoms with Gasteiger partial charge < -0.3 is 14.3 Å². The van der Waals surface area contributed by atoms with Gasteiger partial charge in [0.05, 0.1) is 22.1 Å². The number of hydrogen-bond donors (Lipinski definition) is 0. The number of fused-ring (bicyclic) bond motifs is 1. The molecule has 0 radical (unpaired) electrons. The zero-order valence-electron chi connectivity index (χ0n) is 22.7. The number of anilines is 1. The van der Waals surface area contributed by atoms with Crippen molar-refractivity contribution in [2.45, 2.75) is 36.9 Å². The Kier molecular flexibility index (Phi) is 7.21. The zero-order valence-corrected chi connectivity index (χ0v) is 23.6. The number of benzene rings is 2. The molecule has 10 heteroatoms. The van der Waals surface area contributed by atoms with E-state index in [-0.39, 0.29) is 40.2 Å². The lowest BCUT2D eigenvalue weighted by Crippen LogP contribution is -2.57. The minimum atomic E-state index is -3.43. The Bertz CT molecular complexity index is 1800. The molecule has 5 rings (SSSR count). The summed E-state index contributed by atoms with van der Waals surface area (Å²) in [5.41, 5.74) is 3.41. The van der Waals surface area contributed by atoms with Gasteiger partial charge >= 0.3 is 0 Å². The molecule has 0 amide bonds. The molecule has 4 aromatic rings. The summed E-state index contributed by atoms with van der Waals surface area (Å²) in [4.78, 5) is 25.6. The topological polar surface area (TPSA) is 79.9 Å². The molecule has 2 aromatic heterocycles. The van der Waals surface area contributed by atoms with Crippen molar-refractivity contribution in [1.82, 2.24) is 14.5 Å². The molecule has 1 saturated heterocycles. The molecule has 2 aromatic carbocycles. The summed E-state index contributed by atoms with van der Waals surface area (Å²) >= 11 is 0. The van der Waals surface area contributed by atoms with Crippen molar-refractivity contribution in [3.05, 3.63) is 105 Å². The largest absolute Gasteiger partial charge is 0.362 e. The van der Waals surface area contributed by atoms with Crippen molar-refractivity contribution in [3.63, 3.8) is 0 Å². The van der Waals surface area contributed by atoms with Gasteiger partial charge in [0.2, 0.25) is 5.52 Å². The molecule has 3 heterocycles. The molecular weight excluding hydrogens is 529 g/mol. The van der Waals surface area contributed by atoms with E-state index in [4.69, 9.17) is 6.57 Å². The summed E-state index contributed by atoms with van der Waals surface area (Å²) in [6.45, 7) is 12.7. The maximum Gasteiger partial charge on any atom is 0.270 e. The molecule has 1 fully saturated rings. The van der Waals surface area contributed by atoms with Gasteiger partial charge in [-0.1, -0.05) is 30.8 Å². The number of aryl methyl sites for hydroxylation is 1. The van der Waals surface area contributed by atoms with Gasteiger partial charge in [0.1, 0.15) is 5.82 Å². The van der Waals surface area contributed by atoms with E-state index in [1.807, 2.05) is 6.07 Å². The second-order valence-electron chi connectivity index (χ2n) is 10.4. The number of aromatic nitrogens is 2. The van der Waals surface area contributed by atoms with Crippen LogP contribution in [0.2, 0.25) is 0 Å².